The number of nitrogens with one attached hydrogen (secondary N) is 1. The molecule has 0 spiro atoms. The van der Waals surface area contributed by atoms with Gasteiger partial charge in [-0.2, -0.15) is 11.8 Å². The molecule has 1 fully saturated rings. The first kappa shape index (κ1) is 14.7. The normalized spacial score (nSPS) is 18.7. The summed E-state index contributed by atoms with van der Waals surface area (Å²) in [7, 11) is 0. The van der Waals surface area contributed by atoms with Crippen molar-refractivity contribution in [1.82, 2.24) is 5.32 Å². The Bertz CT molecular complexity index is 346. The maximum atomic E-state index is 5.72. The summed E-state index contributed by atoms with van der Waals surface area (Å²) in [5.41, 5.74) is 1.35. The molecule has 19 heavy (non-hydrogen) atoms. The summed E-state index contributed by atoms with van der Waals surface area (Å²) in [6.45, 7) is 4.02. The number of unbranched alkanes of at least 4 members (excludes halogenated alkanes) is 2. The average molecular weight is 279 g/mol. The minimum Gasteiger partial charge on any atom is -0.494 e. The van der Waals surface area contributed by atoms with E-state index >= 15 is 0 Å². The lowest BCUT2D eigenvalue weighted by atomic mass is 10.2. The second-order valence-electron chi connectivity index (χ2n) is 5.14. The number of benzene rings is 1. The first-order valence-corrected chi connectivity index (χ1v) is 8.57. The third kappa shape index (κ3) is 5.45. The first-order valence-electron chi connectivity index (χ1n) is 7.41. The fraction of sp³-hybridized carbons (Fsp3) is 0.625. The van der Waals surface area contributed by atoms with Crippen LogP contribution in [0.4, 0.5) is 0 Å². The SMILES string of the molecule is CCCCCOc1ccc(CNC2CCSC2)cc1. The second kappa shape index (κ2) is 8.49. The van der Waals surface area contributed by atoms with E-state index in [4.69, 9.17) is 4.74 Å². The first-order chi connectivity index (χ1) is 9.38. The molecule has 106 valence electrons. The maximum Gasteiger partial charge on any atom is 0.119 e. The minimum atomic E-state index is 0.704. The van der Waals surface area contributed by atoms with Crippen LogP contribution in [0.5, 0.6) is 5.75 Å². The molecule has 0 aromatic heterocycles. The lowest BCUT2D eigenvalue weighted by Crippen LogP contribution is -2.27. The molecule has 1 N–H and O–H groups in total. The van der Waals surface area contributed by atoms with E-state index in [1.165, 1.54) is 36.3 Å². The van der Waals surface area contributed by atoms with Gasteiger partial charge in [0.1, 0.15) is 5.75 Å². The Kier molecular flexibility index (Phi) is 6.58. The van der Waals surface area contributed by atoms with E-state index in [0.29, 0.717) is 6.04 Å². The van der Waals surface area contributed by atoms with Crippen molar-refractivity contribution >= 4 is 11.8 Å². The van der Waals surface area contributed by atoms with Crippen LogP contribution in [0, 0.1) is 0 Å². The van der Waals surface area contributed by atoms with Crippen LogP contribution >= 0.6 is 11.8 Å². The van der Waals surface area contributed by atoms with Crippen LogP contribution in [0.2, 0.25) is 0 Å². The fourth-order valence-electron chi connectivity index (χ4n) is 2.20. The van der Waals surface area contributed by atoms with E-state index in [2.05, 4.69) is 48.3 Å². The molecule has 1 aromatic carbocycles. The second-order valence-corrected chi connectivity index (χ2v) is 6.29. The van der Waals surface area contributed by atoms with E-state index in [-0.39, 0.29) is 0 Å². The molecule has 1 unspecified atom stereocenters. The highest BCUT2D eigenvalue weighted by Gasteiger charge is 2.14. The molecule has 0 radical (unpaired) electrons. The van der Waals surface area contributed by atoms with Crippen LogP contribution in [0.3, 0.4) is 0 Å². The summed E-state index contributed by atoms with van der Waals surface area (Å²) in [4.78, 5) is 0. The Labute approximate surface area is 121 Å². The molecule has 0 aliphatic carbocycles. The number of hydrogen-bond acceptors (Lipinski definition) is 3. The third-order valence-electron chi connectivity index (χ3n) is 3.46. The number of hydrogen-bond donors (Lipinski definition) is 1. The Morgan fingerprint density at radius 1 is 1.26 bits per heavy atom. The Morgan fingerprint density at radius 3 is 2.79 bits per heavy atom. The molecule has 2 nitrogen and oxygen atoms in total. The van der Waals surface area contributed by atoms with Gasteiger partial charge in [0, 0.05) is 18.3 Å². The Balaban J connectivity index is 1.68. The molecule has 1 heterocycles. The van der Waals surface area contributed by atoms with Crippen LogP contribution in [0.25, 0.3) is 0 Å². The van der Waals surface area contributed by atoms with Crippen LogP contribution in [0.1, 0.15) is 38.2 Å². The zero-order valence-corrected chi connectivity index (χ0v) is 12.7. The molecule has 1 aliphatic rings. The van der Waals surface area contributed by atoms with Crippen molar-refractivity contribution in [3.05, 3.63) is 29.8 Å². The van der Waals surface area contributed by atoms with E-state index in [1.54, 1.807) is 0 Å². The fourth-order valence-corrected chi connectivity index (χ4v) is 3.39. The van der Waals surface area contributed by atoms with Gasteiger partial charge in [-0.15, -0.1) is 0 Å². The molecule has 3 heteroatoms. The molecule has 0 bridgehead atoms. The van der Waals surface area contributed by atoms with E-state index in [1.807, 2.05) is 0 Å². The van der Waals surface area contributed by atoms with Gasteiger partial charge in [0.2, 0.25) is 0 Å². The quantitative estimate of drug-likeness (QED) is 0.730. The van der Waals surface area contributed by atoms with Gasteiger partial charge in [0.25, 0.3) is 0 Å². The van der Waals surface area contributed by atoms with E-state index < -0.39 is 0 Å². The van der Waals surface area contributed by atoms with E-state index in [9.17, 15) is 0 Å². The highest BCUT2D eigenvalue weighted by Crippen LogP contribution is 2.18. The number of thioether (sulfide) groups is 1. The van der Waals surface area contributed by atoms with Gasteiger partial charge in [0.05, 0.1) is 6.61 Å². The highest BCUT2D eigenvalue weighted by molar-refractivity contribution is 7.99. The predicted octanol–water partition coefficient (Wildman–Crippen LogP) is 3.85. The van der Waals surface area contributed by atoms with Crippen molar-refractivity contribution < 1.29 is 4.74 Å². The third-order valence-corrected chi connectivity index (χ3v) is 4.63. The van der Waals surface area contributed by atoms with Gasteiger partial charge < -0.3 is 10.1 Å². The summed E-state index contributed by atoms with van der Waals surface area (Å²) in [6, 6.07) is 9.22. The molecule has 1 atom stereocenters. The molecule has 1 aliphatic heterocycles. The molecule has 1 aromatic rings. The van der Waals surface area contributed by atoms with Gasteiger partial charge >= 0.3 is 0 Å². The van der Waals surface area contributed by atoms with Crippen LogP contribution in [-0.4, -0.2) is 24.2 Å². The zero-order chi connectivity index (χ0) is 13.3. The highest BCUT2D eigenvalue weighted by atomic mass is 32.2. The Morgan fingerprint density at radius 2 is 2.11 bits per heavy atom. The van der Waals surface area contributed by atoms with Crippen molar-refractivity contribution in [1.29, 1.82) is 0 Å². The predicted molar refractivity (Wildman–Crippen MR) is 84.0 cm³/mol. The van der Waals surface area contributed by atoms with Crippen molar-refractivity contribution in [2.45, 2.75) is 45.2 Å². The van der Waals surface area contributed by atoms with Gasteiger partial charge in [-0.25, -0.2) is 0 Å². The van der Waals surface area contributed by atoms with Gasteiger partial charge in [-0.3, -0.25) is 0 Å². The van der Waals surface area contributed by atoms with Gasteiger partial charge in [-0.1, -0.05) is 31.9 Å². The molecule has 0 saturated carbocycles. The summed E-state index contributed by atoms with van der Waals surface area (Å²) in [5.74, 6) is 3.57. The Hall–Kier alpha value is -0.670. The van der Waals surface area contributed by atoms with Crippen LogP contribution < -0.4 is 10.1 Å². The molecular weight excluding hydrogens is 254 g/mol. The smallest absolute Gasteiger partial charge is 0.119 e. The summed E-state index contributed by atoms with van der Waals surface area (Å²) >= 11 is 2.05. The molecule has 2 rings (SSSR count). The monoisotopic (exact) mass is 279 g/mol. The number of rotatable bonds is 8. The van der Waals surface area contributed by atoms with Crippen LogP contribution in [0.15, 0.2) is 24.3 Å². The summed E-state index contributed by atoms with van der Waals surface area (Å²) in [5, 5.41) is 3.62. The van der Waals surface area contributed by atoms with Crippen molar-refractivity contribution in [2.75, 3.05) is 18.1 Å². The summed E-state index contributed by atoms with van der Waals surface area (Å²) in [6.07, 6.45) is 4.96. The average Bonchev–Trinajstić information content (AvgIpc) is 2.96. The number of ether oxygens (including phenoxy) is 1. The molecule has 1 saturated heterocycles. The molecule has 0 amide bonds. The van der Waals surface area contributed by atoms with Crippen LogP contribution in [-0.2, 0) is 6.54 Å². The molecular formula is C16H25NOS. The largest absolute Gasteiger partial charge is 0.494 e. The van der Waals surface area contributed by atoms with Gasteiger partial charge in [0.15, 0.2) is 0 Å². The zero-order valence-electron chi connectivity index (χ0n) is 11.9. The van der Waals surface area contributed by atoms with Crippen molar-refractivity contribution in [2.24, 2.45) is 0 Å². The lowest BCUT2D eigenvalue weighted by molar-refractivity contribution is 0.306. The summed E-state index contributed by atoms with van der Waals surface area (Å²) < 4.78 is 5.72. The van der Waals surface area contributed by atoms with Crippen molar-refractivity contribution in [3.8, 4) is 5.75 Å². The lowest BCUT2D eigenvalue weighted by Gasteiger charge is -2.11. The standard InChI is InChI=1S/C16H25NOS/c1-2-3-4-10-18-16-7-5-14(6-8-16)12-17-15-9-11-19-13-15/h5-8,15,17H,2-4,9-13H2,1H3. The van der Waals surface area contributed by atoms with E-state index in [0.717, 1.165) is 25.3 Å². The van der Waals surface area contributed by atoms with Gasteiger partial charge in [-0.05, 0) is 36.3 Å². The maximum absolute atomic E-state index is 5.72. The van der Waals surface area contributed by atoms with Crippen molar-refractivity contribution in [3.63, 3.8) is 0 Å². The topological polar surface area (TPSA) is 21.3 Å². The minimum absolute atomic E-state index is 0.704.